The predicted octanol–water partition coefficient (Wildman–Crippen LogP) is 5.41. The number of aromatic amines is 1. The highest BCUT2D eigenvalue weighted by Crippen LogP contribution is 2.32. The van der Waals surface area contributed by atoms with Gasteiger partial charge in [-0.15, -0.1) is 11.3 Å². The SMILES string of the molecule is S=C(NCC1CCCCC1)NC[C@H](c1cccs1)c1c[nH]c2ccccc12. The van der Waals surface area contributed by atoms with E-state index in [4.69, 9.17) is 12.2 Å². The molecule has 3 N–H and O–H groups in total. The lowest BCUT2D eigenvalue weighted by atomic mass is 9.89. The Hall–Kier alpha value is -1.85. The maximum atomic E-state index is 5.57. The number of hydrogen-bond acceptors (Lipinski definition) is 2. The number of rotatable bonds is 6. The molecule has 4 rings (SSSR count). The van der Waals surface area contributed by atoms with Crippen molar-refractivity contribution in [1.82, 2.24) is 15.6 Å². The molecule has 0 aliphatic heterocycles. The van der Waals surface area contributed by atoms with E-state index < -0.39 is 0 Å². The number of para-hydroxylation sites is 1. The minimum Gasteiger partial charge on any atom is -0.362 e. The molecule has 0 saturated heterocycles. The van der Waals surface area contributed by atoms with Gasteiger partial charge in [0, 0.05) is 41.0 Å². The van der Waals surface area contributed by atoms with E-state index in [9.17, 15) is 0 Å². The summed E-state index contributed by atoms with van der Waals surface area (Å²) >= 11 is 7.38. The van der Waals surface area contributed by atoms with E-state index in [-0.39, 0.29) is 5.92 Å². The fraction of sp³-hybridized carbons (Fsp3) is 0.409. The molecule has 142 valence electrons. The molecule has 0 radical (unpaired) electrons. The molecule has 5 heteroatoms. The summed E-state index contributed by atoms with van der Waals surface area (Å²) in [6.07, 6.45) is 8.95. The summed E-state index contributed by atoms with van der Waals surface area (Å²) in [6.45, 7) is 1.81. The Bertz CT molecular complexity index is 863. The number of hydrogen-bond donors (Lipinski definition) is 3. The second-order valence-corrected chi connectivity index (χ2v) is 8.84. The zero-order valence-electron chi connectivity index (χ0n) is 15.5. The number of aromatic nitrogens is 1. The van der Waals surface area contributed by atoms with Crippen LogP contribution in [0.2, 0.25) is 0 Å². The van der Waals surface area contributed by atoms with Crippen LogP contribution in [-0.4, -0.2) is 23.2 Å². The number of H-pyrrole nitrogens is 1. The van der Waals surface area contributed by atoms with Crippen molar-refractivity contribution < 1.29 is 0 Å². The molecule has 0 unspecified atom stereocenters. The van der Waals surface area contributed by atoms with Crippen LogP contribution in [-0.2, 0) is 0 Å². The third-order valence-electron chi connectivity index (χ3n) is 5.63. The molecular weight excluding hydrogens is 370 g/mol. The van der Waals surface area contributed by atoms with E-state index in [2.05, 4.69) is 63.6 Å². The minimum atomic E-state index is 0.288. The van der Waals surface area contributed by atoms with Gasteiger partial charge in [-0.3, -0.25) is 0 Å². The third kappa shape index (κ3) is 4.53. The van der Waals surface area contributed by atoms with E-state index >= 15 is 0 Å². The smallest absolute Gasteiger partial charge is 0.166 e. The standard InChI is InChI=1S/C22H27N3S2/c26-22(24-13-16-7-2-1-3-8-16)25-15-19(21-11-6-12-27-21)18-14-23-20-10-5-4-9-17(18)20/h4-6,9-12,14,16,19,23H,1-3,7-8,13,15H2,(H2,24,25,26)/t19-/m0/s1. The van der Waals surface area contributed by atoms with Crippen LogP contribution in [0.4, 0.5) is 0 Å². The fourth-order valence-corrected chi connectivity index (χ4v) is 5.13. The summed E-state index contributed by atoms with van der Waals surface area (Å²) in [5.41, 5.74) is 2.52. The Labute approximate surface area is 170 Å². The molecule has 27 heavy (non-hydrogen) atoms. The maximum absolute atomic E-state index is 5.57. The highest BCUT2D eigenvalue weighted by molar-refractivity contribution is 7.80. The van der Waals surface area contributed by atoms with Crippen molar-refractivity contribution in [2.45, 2.75) is 38.0 Å². The van der Waals surface area contributed by atoms with E-state index in [1.54, 1.807) is 0 Å². The van der Waals surface area contributed by atoms with Gasteiger partial charge in [-0.1, -0.05) is 43.5 Å². The highest BCUT2D eigenvalue weighted by atomic mass is 32.1. The third-order valence-corrected chi connectivity index (χ3v) is 6.90. The molecule has 0 bridgehead atoms. The quantitative estimate of drug-likeness (QED) is 0.487. The summed E-state index contributed by atoms with van der Waals surface area (Å²) in [5, 5.41) is 11.1. The number of fused-ring (bicyclic) bond motifs is 1. The zero-order chi connectivity index (χ0) is 18.5. The van der Waals surface area contributed by atoms with Crippen molar-refractivity contribution in [3.8, 4) is 0 Å². The molecule has 3 aromatic rings. The molecule has 1 aliphatic carbocycles. The van der Waals surface area contributed by atoms with Crippen LogP contribution in [0.15, 0.2) is 48.0 Å². The van der Waals surface area contributed by atoms with Crippen molar-refractivity contribution in [2.75, 3.05) is 13.1 Å². The van der Waals surface area contributed by atoms with Crippen LogP contribution >= 0.6 is 23.6 Å². The lowest BCUT2D eigenvalue weighted by molar-refractivity contribution is 0.356. The van der Waals surface area contributed by atoms with Gasteiger partial charge in [-0.2, -0.15) is 0 Å². The fourth-order valence-electron chi connectivity index (χ4n) is 4.12. The second kappa shape index (κ2) is 8.89. The van der Waals surface area contributed by atoms with Crippen molar-refractivity contribution in [3.05, 3.63) is 58.4 Å². The molecule has 0 amide bonds. The first-order valence-electron chi connectivity index (χ1n) is 9.92. The molecule has 1 saturated carbocycles. The molecule has 3 nitrogen and oxygen atoms in total. The van der Waals surface area contributed by atoms with Gasteiger partial charge in [-0.05, 0) is 54.1 Å². The highest BCUT2D eigenvalue weighted by Gasteiger charge is 2.20. The number of thiocarbonyl (C=S) groups is 1. The van der Waals surface area contributed by atoms with Crippen LogP contribution in [0, 0.1) is 5.92 Å². The topological polar surface area (TPSA) is 39.8 Å². The Morgan fingerprint density at radius 1 is 1.11 bits per heavy atom. The van der Waals surface area contributed by atoms with Crippen LogP contribution < -0.4 is 10.6 Å². The number of nitrogens with one attached hydrogen (secondary N) is 3. The summed E-state index contributed by atoms with van der Waals surface area (Å²) < 4.78 is 0. The maximum Gasteiger partial charge on any atom is 0.166 e. The Kier molecular flexibility index (Phi) is 6.10. The average molecular weight is 398 g/mol. The lowest BCUT2D eigenvalue weighted by Gasteiger charge is -2.23. The van der Waals surface area contributed by atoms with Gasteiger partial charge in [0.05, 0.1) is 0 Å². The Balaban J connectivity index is 1.42. The molecule has 1 fully saturated rings. The summed E-state index contributed by atoms with van der Waals surface area (Å²) in [6, 6.07) is 12.9. The first-order chi connectivity index (χ1) is 13.3. The van der Waals surface area contributed by atoms with Gasteiger partial charge < -0.3 is 15.6 Å². The molecular formula is C22H27N3S2. The van der Waals surface area contributed by atoms with Gasteiger partial charge in [-0.25, -0.2) is 0 Å². The molecule has 1 atom stereocenters. The second-order valence-electron chi connectivity index (χ2n) is 7.45. The zero-order valence-corrected chi connectivity index (χ0v) is 17.2. The van der Waals surface area contributed by atoms with Crippen molar-refractivity contribution in [2.24, 2.45) is 5.92 Å². The van der Waals surface area contributed by atoms with Gasteiger partial charge in [0.1, 0.15) is 0 Å². The molecule has 2 heterocycles. The van der Waals surface area contributed by atoms with Crippen molar-refractivity contribution >= 4 is 39.6 Å². The van der Waals surface area contributed by atoms with E-state index in [1.165, 1.54) is 53.4 Å². The Morgan fingerprint density at radius 2 is 1.96 bits per heavy atom. The van der Waals surface area contributed by atoms with Crippen LogP contribution in [0.5, 0.6) is 0 Å². The minimum absolute atomic E-state index is 0.288. The van der Waals surface area contributed by atoms with Crippen molar-refractivity contribution in [3.63, 3.8) is 0 Å². The van der Waals surface area contributed by atoms with Gasteiger partial charge in [0.2, 0.25) is 0 Å². The predicted molar refractivity (Wildman–Crippen MR) is 120 cm³/mol. The summed E-state index contributed by atoms with van der Waals surface area (Å²) in [5.74, 6) is 1.07. The first-order valence-corrected chi connectivity index (χ1v) is 11.2. The number of thiophene rings is 1. The summed E-state index contributed by atoms with van der Waals surface area (Å²) in [4.78, 5) is 4.78. The van der Waals surface area contributed by atoms with E-state index in [1.807, 2.05) is 11.3 Å². The first kappa shape index (κ1) is 18.5. The molecule has 1 aromatic carbocycles. The van der Waals surface area contributed by atoms with Crippen LogP contribution in [0.1, 0.15) is 48.5 Å². The largest absolute Gasteiger partial charge is 0.362 e. The van der Waals surface area contributed by atoms with E-state index in [0.29, 0.717) is 0 Å². The molecule has 2 aromatic heterocycles. The monoisotopic (exact) mass is 397 g/mol. The average Bonchev–Trinajstić information content (AvgIpc) is 3.38. The normalized spacial score (nSPS) is 16.3. The molecule has 1 aliphatic rings. The van der Waals surface area contributed by atoms with Gasteiger partial charge in [0.25, 0.3) is 0 Å². The van der Waals surface area contributed by atoms with Gasteiger partial charge in [0.15, 0.2) is 5.11 Å². The van der Waals surface area contributed by atoms with Crippen molar-refractivity contribution in [1.29, 1.82) is 0 Å². The van der Waals surface area contributed by atoms with E-state index in [0.717, 1.165) is 24.1 Å². The molecule has 0 spiro atoms. The van der Waals surface area contributed by atoms with Crippen LogP contribution in [0.25, 0.3) is 10.9 Å². The lowest BCUT2D eigenvalue weighted by Crippen LogP contribution is -2.40. The van der Waals surface area contributed by atoms with Crippen LogP contribution in [0.3, 0.4) is 0 Å². The Morgan fingerprint density at radius 3 is 2.78 bits per heavy atom. The van der Waals surface area contributed by atoms with Gasteiger partial charge >= 0.3 is 0 Å². The number of benzene rings is 1. The summed E-state index contributed by atoms with van der Waals surface area (Å²) in [7, 11) is 0.